The quantitative estimate of drug-likeness (QED) is 0.480. The van der Waals surface area contributed by atoms with E-state index in [1.165, 1.54) is 11.3 Å². The van der Waals surface area contributed by atoms with Gasteiger partial charge in [0.25, 0.3) is 5.56 Å². The topological polar surface area (TPSA) is 87.7 Å². The average Bonchev–Trinajstić information content (AvgIpc) is 3.16. The number of aromatic nitrogens is 2. The van der Waals surface area contributed by atoms with Crippen molar-refractivity contribution in [1.29, 1.82) is 0 Å². The second-order valence-corrected chi connectivity index (χ2v) is 7.99. The van der Waals surface area contributed by atoms with Gasteiger partial charge in [-0.3, -0.25) is 9.69 Å². The Labute approximate surface area is 179 Å². The zero-order chi connectivity index (χ0) is 21.7. The Balaban J connectivity index is 1.85. The molecule has 3 rings (SSSR count). The standard InChI is InChI=1S/C22H27N3O4S/c1-5-6-7-15(26)11-25(2)12-19-23-21(27)20-16(13-30-22(20)24-19)14-8-9-17(28-3)18(10-14)29-4/h5,8-10,13,15,26H,1,6-7,11-12H2,2-4H3,(H,23,24,27)/t15-/m0/s1. The number of nitrogens with zero attached hydrogens (tertiary/aromatic N) is 2. The van der Waals surface area contributed by atoms with E-state index < -0.39 is 6.10 Å². The van der Waals surface area contributed by atoms with Crippen LogP contribution in [0.1, 0.15) is 18.7 Å². The van der Waals surface area contributed by atoms with Gasteiger partial charge in [-0.05, 0) is 37.6 Å². The van der Waals surface area contributed by atoms with Gasteiger partial charge in [-0.1, -0.05) is 12.1 Å². The molecule has 0 saturated carbocycles. The molecule has 0 aliphatic heterocycles. The van der Waals surface area contributed by atoms with E-state index in [4.69, 9.17) is 9.47 Å². The smallest absolute Gasteiger partial charge is 0.260 e. The van der Waals surface area contributed by atoms with Gasteiger partial charge >= 0.3 is 0 Å². The Morgan fingerprint density at radius 3 is 2.80 bits per heavy atom. The van der Waals surface area contributed by atoms with Crippen molar-refractivity contribution in [1.82, 2.24) is 14.9 Å². The van der Waals surface area contributed by atoms with Crippen molar-refractivity contribution in [3.63, 3.8) is 0 Å². The number of hydrogen-bond donors (Lipinski definition) is 2. The van der Waals surface area contributed by atoms with Crippen LogP contribution in [0.3, 0.4) is 0 Å². The molecule has 2 N–H and O–H groups in total. The summed E-state index contributed by atoms with van der Waals surface area (Å²) in [5, 5.41) is 12.6. The van der Waals surface area contributed by atoms with Crippen LogP contribution in [-0.4, -0.2) is 53.9 Å². The fourth-order valence-corrected chi connectivity index (χ4v) is 4.33. The summed E-state index contributed by atoms with van der Waals surface area (Å²) >= 11 is 1.43. The minimum Gasteiger partial charge on any atom is -0.493 e. The van der Waals surface area contributed by atoms with Gasteiger partial charge in [0.15, 0.2) is 11.5 Å². The van der Waals surface area contributed by atoms with Crippen LogP contribution in [0, 0.1) is 0 Å². The molecule has 160 valence electrons. The monoisotopic (exact) mass is 429 g/mol. The number of benzene rings is 1. The molecule has 3 aromatic rings. The molecule has 0 bridgehead atoms. The Morgan fingerprint density at radius 2 is 2.10 bits per heavy atom. The molecule has 0 unspecified atom stereocenters. The SMILES string of the molecule is C=CCC[C@H](O)CN(C)Cc1nc2scc(-c3ccc(OC)c(OC)c3)c2c(=O)[nH]1. The second-order valence-electron chi connectivity index (χ2n) is 7.13. The maximum absolute atomic E-state index is 12.9. The third kappa shape index (κ3) is 4.89. The molecule has 1 aromatic carbocycles. The van der Waals surface area contributed by atoms with Crippen LogP contribution in [0.4, 0.5) is 0 Å². The van der Waals surface area contributed by atoms with Gasteiger partial charge in [-0.15, -0.1) is 17.9 Å². The average molecular weight is 430 g/mol. The third-order valence-corrected chi connectivity index (χ3v) is 5.71. The minimum atomic E-state index is -0.443. The van der Waals surface area contributed by atoms with E-state index in [9.17, 15) is 9.90 Å². The summed E-state index contributed by atoms with van der Waals surface area (Å²) in [6, 6.07) is 5.57. The number of aromatic amines is 1. The van der Waals surface area contributed by atoms with E-state index in [-0.39, 0.29) is 5.56 Å². The zero-order valence-electron chi connectivity index (χ0n) is 17.5. The van der Waals surface area contributed by atoms with Crippen LogP contribution >= 0.6 is 11.3 Å². The molecule has 8 heteroatoms. The van der Waals surface area contributed by atoms with Crippen LogP contribution in [0.2, 0.25) is 0 Å². The third-order valence-electron chi connectivity index (χ3n) is 4.83. The zero-order valence-corrected chi connectivity index (χ0v) is 18.3. The van der Waals surface area contributed by atoms with Crippen LogP contribution in [0.5, 0.6) is 11.5 Å². The first kappa shape index (κ1) is 22.0. The Morgan fingerprint density at radius 1 is 1.33 bits per heavy atom. The van der Waals surface area contributed by atoms with E-state index in [0.29, 0.717) is 47.1 Å². The molecule has 2 aromatic heterocycles. The fraction of sp³-hybridized carbons (Fsp3) is 0.364. The molecule has 1 atom stereocenters. The molecular weight excluding hydrogens is 402 g/mol. The molecule has 0 aliphatic carbocycles. The second kappa shape index (κ2) is 9.88. The molecule has 7 nitrogen and oxygen atoms in total. The summed E-state index contributed by atoms with van der Waals surface area (Å²) in [5.41, 5.74) is 1.49. The van der Waals surface area contributed by atoms with Crippen molar-refractivity contribution >= 4 is 21.6 Å². The predicted octanol–water partition coefficient (Wildman–Crippen LogP) is 3.43. The molecule has 0 spiro atoms. The maximum atomic E-state index is 12.9. The first-order valence-electron chi connectivity index (χ1n) is 9.67. The highest BCUT2D eigenvalue weighted by Gasteiger charge is 2.16. The summed E-state index contributed by atoms with van der Waals surface area (Å²) in [4.78, 5) is 23.0. The van der Waals surface area contributed by atoms with Gasteiger partial charge in [-0.25, -0.2) is 4.98 Å². The lowest BCUT2D eigenvalue weighted by atomic mass is 10.1. The fourth-order valence-electron chi connectivity index (χ4n) is 3.37. The summed E-state index contributed by atoms with van der Waals surface area (Å²) in [6.07, 6.45) is 2.78. The number of hydrogen-bond acceptors (Lipinski definition) is 7. The molecule has 2 heterocycles. The van der Waals surface area contributed by atoms with Gasteiger partial charge in [0.05, 0.1) is 32.3 Å². The number of nitrogens with one attached hydrogen (secondary N) is 1. The number of aliphatic hydroxyl groups excluding tert-OH is 1. The molecule has 0 amide bonds. The Bertz CT molecular complexity index is 1080. The minimum absolute atomic E-state index is 0.179. The van der Waals surface area contributed by atoms with Gasteiger partial charge in [-0.2, -0.15) is 0 Å². The lowest BCUT2D eigenvalue weighted by Gasteiger charge is -2.19. The Hall–Kier alpha value is -2.68. The van der Waals surface area contributed by atoms with Gasteiger partial charge in [0, 0.05) is 17.5 Å². The normalized spacial score (nSPS) is 12.3. The number of H-pyrrole nitrogens is 1. The van der Waals surface area contributed by atoms with Crippen molar-refractivity contribution in [3.05, 3.63) is 52.4 Å². The number of fused-ring (bicyclic) bond motifs is 1. The summed E-state index contributed by atoms with van der Waals surface area (Å²) in [6.45, 7) is 4.62. The first-order valence-corrected chi connectivity index (χ1v) is 10.5. The molecule has 0 saturated heterocycles. The number of methoxy groups -OCH3 is 2. The van der Waals surface area contributed by atoms with Gasteiger partial charge < -0.3 is 19.6 Å². The van der Waals surface area contributed by atoms with E-state index in [1.54, 1.807) is 20.3 Å². The van der Waals surface area contributed by atoms with Crippen LogP contribution in [0.25, 0.3) is 21.3 Å². The molecule has 0 radical (unpaired) electrons. The van der Waals surface area contributed by atoms with Crippen molar-refractivity contribution in [2.45, 2.75) is 25.5 Å². The first-order chi connectivity index (χ1) is 14.5. The molecule has 0 fully saturated rings. The summed E-state index contributed by atoms with van der Waals surface area (Å²) < 4.78 is 10.7. The maximum Gasteiger partial charge on any atom is 0.260 e. The summed E-state index contributed by atoms with van der Waals surface area (Å²) in [5.74, 6) is 1.81. The van der Waals surface area contributed by atoms with Crippen molar-refractivity contribution in [2.75, 3.05) is 27.8 Å². The summed E-state index contributed by atoms with van der Waals surface area (Å²) in [7, 11) is 5.06. The lowest BCUT2D eigenvalue weighted by molar-refractivity contribution is 0.115. The van der Waals surface area contributed by atoms with Crippen LogP contribution in [0.15, 0.2) is 41.0 Å². The van der Waals surface area contributed by atoms with Gasteiger partial charge in [0.2, 0.25) is 0 Å². The van der Waals surface area contributed by atoms with E-state index in [0.717, 1.165) is 17.5 Å². The molecule has 30 heavy (non-hydrogen) atoms. The molecular formula is C22H27N3O4S. The number of thiophene rings is 1. The van der Waals surface area contributed by atoms with Crippen LogP contribution in [-0.2, 0) is 6.54 Å². The molecule has 0 aliphatic rings. The van der Waals surface area contributed by atoms with Crippen molar-refractivity contribution in [2.24, 2.45) is 0 Å². The highest BCUT2D eigenvalue weighted by molar-refractivity contribution is 7.17. The number of rotatable bonds is 10. The highest BCUT2D eigenvalue weighted by atomic mass is 32.1. The number of allylic oxidation sites excluding steroid dienone is 1. The van der Waals surface area contributed by atoms with E-state index in [2.05, 4.69) is 16.5 Å². The van der Waals surface area contributed by atoms with Crippen molar-refractivity contribution < 1.29 is 14.6 Å². The van der Waals surface area contributed by atoms with E-state index in [1.807, 2.05) is 35.5 Å². The van der Waals surface area contributed by atoms with Crippen LogP contribution < -0.4 is 15.0 Å². The largest absolute Gasteiger partial charge is 0.493 e. The number of aliphatic hydroxyl groups is 1. The van der Waals surface area contributed by atoms with Gasteiger partial charge in [0.1, 0.15) is 10.7 Å². The van der Waals surface area contributed by atoms with Crippen molar-refractivity contribution in [3.8, 4) is 22.6 Å². The predicted molar refractivity (Wildman–Crippen MR) is 121 cm³/mol. The number of likely N-dealkylation sites (N-methyl/N-ethyl adjacent to an activating group) is 1. The highest BCUT2D eigenvalue weighted by Crippen LogP contribution is 2.36. The van der Waals surface area contributed by atoms with E-state index >= 15 is 0 Å². The number of ether oxygens (including phenoxy) is 2. The Kier molecular flexibility index (Phi) is 7.25. The lowest BCUT2D eigenvalue weighted by Crippen LogP contribution is -2.30.